The Kier molecular flexibility index (Phi) is 3.84. The van der Waals surface area contributed by atoms with E-state index in [1.807, 2.05) is 0 Å². The molecule has 1 unspecified atom stereocenters. The lowest BCUT2D eigenvalue weighted by molar-refractivity contribution is 0.492. The highest BCUT2D eigenvalue weighted by molar-refractivity contribution is 5.90. The SMILES string of the molecule is CCCNC1CCCCc2[nH]c3c(C)ccc(C)c3c21. The first-order valence-electron chi connectivity index (χ1n) is 8.06. The fraction of sp³-hybridized carbons (Fsp3) is 0.556. The van der Waals surface area contributed by atoms with Gasteiger partial charge < -0.3 is 10.3 Å². The van der Waals surface area contributed by atoms with E-state index < -0.39 is 0 Å². The summed E-state index contributed by atoms with van der Waals surface area (Å²) in [4.78, 5) is 3.73. The first-order chi connectivity index (χ1) is 9.72. The third kappa shape index (κ3) is 2.26. The van der Waals surface area contributed by atoms with Gasteiger partial charge in [-0.1, -0.05) is 25.5 Å². The van der Waals surface area contributed by atoms with Crippen LogP contribution >= 0.6 is 0 Å². The lowest BCUT2D eigenvalue weighted by Gasteiger charge is -2.18. The average Bonchev–Trinajstić information content (AvgIpc) is 2.73. The molecule has 20 heavy (non-hydrogen) atoms. The van der Waals surface area contributed by atoms with Gasteiger partial charge >= 0.3 is 0 Å². The van der Waals surface area contributed by atoms with Gasteiger partial charge in [0.2, 0.25) is 0 Å². The standard InChI is InChI=1S/C18H26N2/c1-4-11-19-14-7-5-6-8-15-17(14)16-12(2)9-10-13(3)18(16)20-15/h9-10,14,19-20H,4-8,11H2,1-3H3. The molecule has 0 radical (unpaired) electrons. The molecule has 3 rings (SSSR count). The molecule has 1 aromatic carbocycles. The Bertz CT molecular complexity index is 609. The second-order valence-electron chi connectivity index (χ2n) is 6.22. The van der Waals surface area contributed by atoms with Gasteiger partial charge in [0.1, 0.15) is 0 Å². The van der Waals surface area contributed by atoms with Crippen molar-refractivity contribution in [3.63, 3.8) is 0 Å². The van der Waals surface area contributed by atoms with Crippen molar-refractivity contribution in [1.82, 2.24) is 10.3 Å². The largest absolute Gasteiger partial charge is 0.358 e. The molecule has 0 saturated carbocycles. The predicted octanol–water partition coefficient (Wildman–Crippen LogP) is 4.55. The number of rotatable bonds is 3. The molecule has 1 aliphatic rings. The monoisotopic (exact) mass is 270 g/mol. The van der Waals surface area contributed by atoms with Crippen LogP contribution in [0.4, 0.5) is 0 Å². The number of hydrogen-bond donors (Lipinski definition) is 2. The summed E-state index contributed by atoms with van der Waals surface area (Å²) < 4.78 is 0. The van der Waals surface area contributed by atoms with E-state index in [9.17, 15) is 0 Å². The molecule has 0 bridgehead atoms. The first kappa shape index (κ1) is 13.7. The number of aryl methyl sites for hydroxylation is 3. The summed E-state index contributed by atoms with van der Waals surface area (Å²) in [7, 11) is 0. The van der Waals surface area contributed by atoms with Crippen molar-refractivity contribution in [2.75, 3.05) is 6.54 Å². The number of aromatic amines is 1. The Morgan fingerprint density at radius 1 is 1.20 bits per heavy atom. The van der Waals surface area contributed by atoms with Gasteiger partial charge in [0.15, 0.2) is 0 Å². The Morgan fingerprint density at radius 2 is 2.00 bits per heavy atom. The van der Waals surface area contributed by atoms with Crippen molar-refractivity contribution in [2.45, 2.75) is 58.9 Å². The van der Waals surface area contributed by atoms with Crippen LogP contribution in [0.2, 0.25) is 0 Å². The van der Waals surface area contributed by atoms with Crippen LogP contribution in [0.15, 0.2) is 12.1 Å². The van der Waals surface area contributed by atoms with E-state index in [-0.39, 0.29) is 0 Å². The van der Waals surface area contributed by atoms with Gasteiger partial charge in [-0.15, -0.1) is 0 Å². The quantitative estimate of drug-likeness (QED) is 0.787. The molecule has 1 aromatic heterocycles. The van der Waals surface area contributed by atoms with Gasteiger partial charge in [0.05, 0.1) is 0 Å². The van der Waals surface area contributed by atoms with E-state index in [1.165, 1.54) is 59.8 Å². The normalized spacial score (nSPS) is 19.1. The molecule has 0 spiro atoms. The molecule has 2 nitrogen and oxygen atoms in total. The van der Waals surface area contributed by atoms with Gasteiger partial charge in [-0.3, -0.25) is 0 Å². The zero-order valence-corrected chi connectivity index (χ0v) is 13.0. The number of nitrogens with one attached hydrogen (secondary N) is 2. The van der Waals surface area contributed by atoms with Gasteiger partial charge in [-0.05, 0) is 62.8 Å². The minimum absolute atomic E-state index is 0.529. The summed E-state index contributed by atoms with van der Waals surface area (Å²) in [6.07, 6.45) is 6.31. The highest BCUT2D eigenvalue weighted by Gasteiger charge is 2.24. The highest BCUT2D eigenvalue weighted by atomic mass is 14.9. The molecule has 0 aliphatic heterocycles. The summed E-state index contributed by atoms with van der Waals surface area (Å²) in [6, 6.07) is 5.04. The summed E-state index contributed by atoms with van der Waals surface area (Å²) in [5.74, 6) is 0. The Hall–Kier alpha value is -1.28. The number of hydrogen-bond acceptors (Lipinski definition) is 1. The van der Waals surface area contributed by atoms with Crippen LogP contribution in [-0.4, -0.2) is 11.5 Å². The van der Waals surface area contributed by atoms with Crippen molar-refractivity contribution in [3.8, 4) is 0 Å². The van der Waals surface area contributed by atoms with Crippen LogP contribution in [-0.2, 0) is 6.42 Å². The Labute approximate surface area is 122 Å². The minimum atomic E-state index is 0.529. The molecule has 0 amide bonds. The van der Waals surface area contributed by atoms with Crippen molar-refractivity contribution in [3.05, 3.63) is 34.5 Å². The molecule has 2 heteroatoms. The van der Waals surface area contributed by atoms with Crippen molar-refractivity contribution >= 4 is 10.9 Å². The van der Waals surface area contributed by atoms with Gasteiger partial charge in [-0.2, -0.15) is 0 Å². The molecular weight excluding hydrogens is 244 g/mol. The molecule has 0 fully saturated rings. The minimum Gasteiger partial charge on any atom is -0.358 e. The van der Waals surface area contributed by atoms with E-state index >= 15 is 0 Å². The zero-order valence-electron chi connectivity index (χ0n) is 13.0. The summed E-state index contributed by atoms with van der Waals surface area (Å²) >= 11 is 0. The first-order valence-corrected chi connectivity index (χ1v) is 8.06. The maximum Gasteiger partial charge on any atom is 0.0491 e. The van der Waals surface area contributed by atoms with E-state index in [0.717, 1.165) is 6.54 Å². The molecular formula is C18H26N2. The van der Waals surface area contributed by atoms with Gasteiger partial charge in [-0.25, -0.2) is 0 Å². The fourth-order valence-electron chi connectivity index (χ4n) is 3.59. The van der Waals surface area contributed by atoms with Crippen LogP contribution in [0.1, 0.15) is 61.0 Å². The van der Waals surface area contributed by atoms with Crippen LogP contribution in [0.3, 0.4) is 0 Å². The van der Waals surface area contributed by atoms with Crippen molar-refractivity contribution < 1.29 is 0 Å². The highest BCUT2D eigenvalue weighted by Crippen LogP contribution is 2.37. The van der Waals surface area contributed by atoms with Crippen LogP contribution in [0, 0.1) is 13.8 Å². The second kappa shape index (κ2) is 5.61. The van der Waals surface area contributed by atoms with Crippen LogP contribution in [0.25, 0.3) is 10.9 Å². The van der Waals surface area contributed by atoms with E-state index in [2.05, 4.69) is 43.2 Å². The molecule has 108 valence electrons. The number of fused-ring (bicyclic) bond motifs is 3. The predicted molar refractivity (Wildman–Crippen MR) is 86.4 cm³/mol. The van der Waals surface area contributed by atoms with E-state index in [4.69, 9.17) is 0 Å². The molecule has 2 aromatic rings. The maximum absolute atomic E-state index is 3.77. The summed E-state index contributed by atoms with van der Waals surface area (Å²) in [5, 5.41) is 5.25. The Balaban J connectivity index is 2.17. The molecule has 1 heterocycles. The maximum atomic E-state index is 3.77. The smallest absolute Gasteiger partial charge is 0.0491 e. The fourth-order valence-corrected chi connectivity index (χ4v) is 3.59. The number of H-pyrrole nitrogens is 1. The van der Waals surface area contributed by atoms with Crippen molar-refractivity contribution in [1.29, 1.82) is 0 Å². The van der Waals surface area contributed by atoms with Crippen LogP contribution in [0.5, 0.6) is 0 Å². The van der Waals surface area contributed by atoms with Gasteiger partial charge in [0.25, 0.3) is 0 Å². The van der Waals surface area contributed by atoms with Gasteiger partial charge in [0, 0.05) is 22.6 Å². The topological polar surface area (TPSA) is 27.8 Å². The Morgan fingerprint density at radius 3 is 2.80 bits per heavy atom. The average molecular weight is 270 g/mol. The van der Waals surface area contributed by atoms with E-state index in [0.29, 0.717) is 6.04 Å². The number of benzene rings is 1. The van der Waals surface area contributed by atoms with Crippen molar-refractivity contribution in [2.24, 2.45) is 0 Å². The molecule has 0 saturated heterocycles. The summed E-state index contributed by atoms with van der Waals surface area (Å²) in [5.41, 5.74) is 7.18. The third-order valence-electron chi connectivity index (χ3n) is 4.65. The van der Waals surface area contributed by atoms with E-state index in [1.54, 1.807) is 5.56 Å². The molecule has 2 N–H and O–H groups in total. The molecule has 1 atom stereocenters. The van der Waals surface area contributed by atoms with Crippen LogP contribution < -0.4 is 5.32 Å². The second-order valence-corrected chi connectivity index (χ2v) is 6.22. The number of aromatic nitrogens is 1. The lowest BCUT2D eigenvalue weighted by atomic mass is 9.96. The summed E-state index contributed by atoms with van der Waals surface area (Å²) in [6.45, 7) is 7.82. The lowest BCUT2D eigenvalue weighted by Crippen LogP contribution is -2.22. The zero-order chi connectivity index (χ0) is 14.1. The molecule has 1 aliphatic carbocycles. The third-order valence-corrected chi connectivity index (χ3v) is 4.65.